The third-order valence-electron chi connectivity index (χ3n) is 4.22. The second-order valence-electron chi connectivity index (χ2n) is 5.58. The molecule has 0 aromatic heterocycles. The normalized spacial score (nSPS) is 22.9. The number of benzene rings is 1. The second kappa shape index (κ2) is 5.50. The van der Waals surface area contributed by atoms with Crippen LogP contribution in [0, 0.1) is 0 Å². The van der Waals surface area contributed by atoms with Crippen LogP contribution >= 0.6 is 12.2 Å². The summed E-state index contributed by atoms with van der Waals surface area (Å²) >= 11 is 4.96. The second-order valence-corrected chi connectivity index (χ2v) is 6.02. The summed E-state index contributed by atoms with van der Waals surface area (Å²) in [7, 11) is 0. The Morgan fingerprint density at radius 1 is 1.30 bits per heavy atom. The zero-order chi connectivity index (χ0) is 14.1. The fourth-order valence-electron chi connectivity index (χ4n) is 3.11. The van der Waals surface area contributed by atoms with Gasteiger partial charge in [-0.25, -0.2) is 0 Å². The Bertz CT molecular complexity index is 528. The van der Waals surface area contributed by atoms with E-state index in [9.17, 15) is 4.79 Å². The van der Waals surface area contributed by atoms with Crippen molar-refractivity contribution in [3.05, 3.63) is 35.4 Å². The predicted octanol–water partition coefficient (Wildman–Crippen LogP) is 1.13. The maximum Gasteiger partial charge on any atom is 0.222 e. The molecule has 1 aromatic carbocycles. The van der Waals surface area contributed by atoms with Crippen LogP contribution in [0.4, 0.5) is 0 Å². The zero-order valence-electron chi connectivity index (χ0n) is 11.4. The Morgan fingerprint density at radius 2 is 2.05 bits per heavy atom. The lowest BCUT2D eigenvalue weighted by Crippen LogP contribution is -2.50. The number of hydrogen-bond donors (Lipinski definition) is 1. The molecular formula is C15H19N3OS. The lowest BCUT2D eigenvalue weighted by atomic mass is 10.1. The third kappa shape index (κ3) is 2.69. The molecule has 2 aliphatic rings. The average Bonchev–Trinajstić information content (AvgIpc) is 2.81. The first-order valence-electron chi connectivity index (χ1n) is 7.04. The van der Waals surface area contributed by atoms with E-state index in [-0.39, 0.29) is 0 Å². The van der Waals surface area contributed by atoms with Crippen LogP contribution in [0.3, 0.4) is 0 Å². The van der Waals surface area contributed by atoms with Crippen molar-refractivity contribution in [3.8, 4) is 0 Å². The highest BCUT2D eigenvalue weighted by atomic mass is 32.1. The van der Waals surface area contributed by atoms with E-state index >= 15 is 0 Å². The molecule has 1 unspecified atom stereocenters. The molecule has 0 saturated carbocycles. The smallest absolute Gasteiger partial charge is 0.222 e. The van der Waals surface area contributed by atoms with Gasteiger partial charge in [0.05, 0.1) is 0 Å². The van der Waals surface area contributed by atoms with E-state index in [4.69, 9.17) is 18.0 Å². The van der Waals surface area contributed by atoms with Crippen LogP contribution in [0.2, 0.25) is 0 Å². The highest BCUT2D eigenvalue weighted by Gasteiger charge is 2.35. The molecule has 2 fully saturated rings. The van der Waals surface area contributed by atoms with Gasteiger partial charge < -0.3 is 10.6 Å². The fourth-order valence-corrected chi connectivity index (χ4v) is 3.24. The van der Waals surface area contributed by atoms with Crippen molar-refractivity contribution in [2.75, 3.05) is 19.6 Å². The number of nitrogens with two attached hydrogens (primary N) is 1. The van der Waals surface area contributed by atoms with E-state index in [0.29, 0.717) is 16.9 Å². The van der Waals surface area contributed by atoms with Crippen LogP contribution in [0.1, 0.15) is 24.0 Å². The first kappa shape index (κ1) is 13.5. The molecular weight excluding hydrogens is 270 g/mol. The van der Waals surface area contributed by atoms with Gasteiger partial charge in [0.25, 0.3) is 0 Å². The fraction of sp³-hybridized carbons (Fsp3) is 0.467. The summed E-state index contributed by atoms with van der Waals surface area (Å²) < 4.78 is 0. The Balaban J connectivity index is 1.61. The molecule has 2 saturated heterocycles. The van der Waals surface area contributed by atoms with E-state index < -0.39 is 0 Å². The minimum atomic E-state index is 0.329. The molecule has 3 rings (SSSR count). The minimum Gasteiger partial charge on any atom is -0.389 e. The van der Waals surface area contributed by atoms with E-state index in [0.717, 1.165) is 44.6 Å². The van der Waals surface area contributed by atoms with Crippen molar-refractivity contribution < 1.29 is 4.79 Å². The maximum absolute atomic E-state index is 11.7. The maximum atomic E-state index is 11.7. The van der Waals surface area contributed by atoms with Gasteiger partial charge in [-0.2, -0.15) is 0 Å². The van der Waals surface area contributed by atoms with Crippen LogP contribution < -0.4 is 5.73 Å². The van der Waals surface area contributed by atoms with Crippen LogP contribution in [0.5, 0.6) is 0 Å². The van der Waals surface area contributed by atoms with Crippen molar-refractivity contribution in [2.24, 2.45) is 5.73 Å². The van der Waals surface area contributed by atoms with Gasteiger partial charge in [-0.3, -0.25) is 9.69 Å². The Kier molecular flexibility index (Phi) is 3.72. The van der Waals surface area contributed by atoms with Gasteiger partial charge in [0.1, 0.15) is 4.99 Å². The van der Waals surface area contributed by atoms with Gasteiger partial charge in [0.2, 0.25) is 5.91 Å². The molecule has 2 N–H and O–H groups in total. The van der Waals surface area contributed by atoms with Crippen LogP contribution in [-0.4, -0.2) is 46.4 Å². The molecule has 1 aromatic rings. The molecule has 5 heteroatoms. The monoisotopic (exact) mass is 289 g/mol. The highest BCUT2D eigenvalue weighted by molar-refractivity contribution is 7.80. The standard InChI is InChI=1S/C15H19N3OS/c16-15(20)12-3-1-11(2-4-12)9-17-7-8-18-13(10-17)5-6-14(18)19/h1-4,13H,5-10H2,(H2,16,20). The molecule has 1 amide bonds. The Hall–Kier alpha value is -1.46. The molecule has 0 spiro atoms. The van der Waals surface area contributed by atoms with Crippen molar-refractivity contribution in [2.45, 2.75) is 25.4 Å². The minimum absolute atomic E-state index is 0.329. The molecule has 0 radical (unpaired) electrons. The molecule has 106 valence electrons. The number of rotatable bonds is 3. The lowest BCUT2D eigenvalue weighted by Gasteiger charge is -2.37. The number of carbonyl (C=O) groups is 1. The van der Waals surface area contributed by atoms with Crippen molar-refractivity contribution in [1.82, 2.24) is 9.80 Å². The number of piperazine rings is 1. The molecule has 0 aliphatic carbocycles. The summed E-state index contributed by atoms with van der Waals surface area (Å²) in [6.45, 7) is 3.74. The van der Waals surface area contributed by atoms with Crippen molar-refractivity contribution in [1.29, 1.82) is 0 Å². The molecule has 2 aliphatic heterocycles. The Morgan fingerprint density at radius 3 is 2.75 bits per heavy atom. The number of carbonyl (C=O) groups excluding carboxylic acids is 1. The summed E-state index contributed by atoms with van der Waals surface area (Å²) in [5, 5.41) is 0. The molecule has 0 bridgehead atoms. The number of hydrogen-bond acceptors (Lipinski definition) is 3. The third-order valence-corrected chi connectivity index (χ3v) is 4.46. The summed E-state index contributed by atoms with van der Waals surface area (Å²) in [5.41, 5.74) is 7.78. The summed E-state index contributed by atoms with van der Waals surface area (Å²) in [6, 6.07) is 8.55. The first-order valence-corrected chi connectivity index (χ1v) is 7.45. The summed E-state index contributed by atoms with van der Waals surface area (Å²) in [6.07, 6.45) is 1.73. The van der Waals surface area contributed by atoms with Gasteiger partial charge in [-0.1, -0.05) is 36.5 Å². The van der Waals surface area contributed by atoms with E-state index in [1.165, 1.54) is 5.56 Å². The lowest BCUT2D eigenvalue weighted by molar-refractivity contribution is -0.130. The number of thiocarbonyl (C=S) groups is 1. The summed E-state index contributed by atoms with van der Waals surface area (Å²) in [5.74, 6) is 0.329. The van der Waals surface area contributed by atoms with Crippen LogP contribution in [-0.2, 0) is 11.3 Å². The number of nitrogens with zero attached hydrogens (tertiary/aromatic N) is 2. The van der Waals surface area contributed by atoms with Gasteiger partial charge in [-0.05, 0) is 12.0 Å². The highest BCUT2D eigenvalue weighted by Crippen LogP contribution is 2.23. The van der Waals surface area contributed by atoms with Gasteiger partial charge in [-0.15, -0.1) is 0 Å². The predicted molar refractivity (Wildman–Crippen MR) is 82.3 cm³/mol. The quantitative estimate of drug-likeness (QED) is 0.848. The molecule has 20 heavy (non-hydrogen) atoms. The van der Waals surface area contributed by atoms with E-state index in [1.54, 1.807) is 0 Å². The SMILES string of the molecule is NC(=S)c1ccc(CN2CCN3C(=O)CCC3C2)cc1. The summed E-state index contributed by atoms with van der Waals surface area (Å²) in [4.78, 5) is 16.6. The first-order chi connectivity index (χ1) is 9.63. The van der Waals surface area contributed by atoms with E-state index in [2.05, 4.69) is 17.0 Å². The van der Waals surface area contributed by atoms with E-state index in [1.807, 2.05) is 17.0 Å². The zero-order valence-corrected chi connectivity index (χ0v) is 12.2. The van der Waals surface area contributed by atoms with Gasteiger partial charge in [0.15, 0.2) is 0 Å². The van der Waals surface area contributed by atoms with Crippen molar-refractivity contribution >= 4 is 23.1 Å². The van der Waals surface area contributed by atoms with Crippen molar-refractivity contribution in [3.63, 3.8) is 0 Å². The van der Waals surface area contributed by atoms with Crippen LogP contribution in [0.25, 0.3) is 0 Å². The van der Waals surface area contributed by atoms with Gasteiger partial charge >= 0.3 is 0 Å². The number of amides is 1. The Labute approximate surface area is 124 Å². The largest absolute Gasteiger partial charge is 0.389 e. The molecule has 4 nitrogen and oxygen atoms in total. The molecule has 1 atom stereocenters. The number of fused-ring (bicyclic) bond motifs is 1. The topological polar surface area (TPSA) is 49.6 Å². The van der Waals surface area contributed by atoms with Crippen LogP contribution in [0.15, 0.2) is 24.3 Å². The van der Waals surface area contributed by atoms with Gasteiger partial charge in [0, 0.05) is 44.2 Å². The molecule has 2 heterocycles. The average molecular weight is 289 g/mol.